The molecule has 1 atom stereocenters. The Bertz CT molecular complexity index is 353. The molecule has 0 aliphatic carbocycles. The SMILES string of the molecule is COc1cc(Br)c(OCCC(C)O)cc1Br. The highest BCUT2D eigenvalue weighted by Crippen LogP contribution is 2.35. The number of hydrogen-bond acceptors (Lipinski definition) is 3. The summed E-state index contributed by atoms with van der Waals surface area (Å²) in [6, 6.07) is 3.67. The lowest BCUT2D eigenvalue weighted by Crippen LogP contribution is -2.07. The van der Waals surface area contributed by atoms with Crippen molar-refractivity contribution in [3.05, 3.63) is 21.1 Å². The van der Waals surface area contributed by atoms with Crippen LogP contribution in [0.25, 0.3) is 0 Å². The Balaban J connectivity index is 2.70. The first-order valence-corrected chi connectivity index (χ1v) is 6.47. The van der Waals surface area contributed by atoms with E-state index in [1.807, 2.05) is 12.1 Å². The normalized spacial score (nSPS) is 12.3. The number of methoxy groups -OCH3 is 1. The van der Waals surface area contributed by atoms with Crippen molar-refractivity contribution in [3.8, 4) is 11.5 Å². The van der Waals surface area contributed by atoms with Crippen LogP contribution in [0.2, 0.25) is 0 Å². The van der Waals surface area contributed by atoms with Crippen molar-refractivity contribution in [3.63, 3.8) is 0 Å². The van der Waals surface area contributed by atoms with Crippen LogP contribution in [0, 0.1) is 0 Å². The maximum absolute atomic E-state index is 9.12. The summed E-state index contributed by atoms with van der Waals surface area (Å²) in [6.07, 6.45) is 0.260. The Morgan fingerprint density at radius 3 is 2.38 bits per heavy atom. The maximum Gasteiger partial charge on any atom is 0.134 e. The molecule has 5 heteroatoms. The largest absolute Gasteiger partial charge is 0.496 e. The summed E-state index contributed by atoms with van der Waals surface area (Å²) < 4.78 is 12.4. The van der Waals surface area contributed by atoms with Crippen LogP contribution in [-0.4, -0.2) is 24.9 Å². The van der Waals surface area contributed by atoms with Crippen molar-refractivity contribution < 1.29 is 14.6 Å². The second-order valence-corrected chi connectivity index (χ2v) is 5.11. The zero-order valence-electron chi connectivity index (χ0n) is 9.17. The summed E-state index contributed by atoms with van der Waals surface area (Å²) in [5, 5.41) is 9.12. The third kappa shape index (κ3) is 3.96. The Kier molecular flexibility index (Phi) is 5.58. The fourth-order valence-electron chi connectivity index (χ4n) is 1.12. The summed E-state index contributed by atoms with van der Waals surface area (Å²) in [5.74, 6) is 1.48. The third-order valence-corrected chi connectivity index (χ3v) is 3.24. The molecule has 1 N–H and O–H groups in total. The highest BCUT2D eigenvalue weighted by molar-refractivity contribution is 9.11. The van der Waals surface area contributed by atoms with E-state index in [1.54, 1.807) is 14.0 Å². The van der Waals surface area contributed by atoms with Gasteiger partial charge in [0.25, 0.3) is 0 Å². The van der Waals surface area contributed by atoms with Gasteiger partial charge in [-0.3, -0.25) is 0 Å². The second kappa shape index (κ2) is 6.47. The van der Waals surface area contributed by atoms with E-state index >= 15 is 0 Å². The molecule has 0 saturated heterocycles. The molecule has 0 heterocycles. The van der Waals surface area contributed by atoms with E-state index in [4.69, 9.17) is 14.6 Å². The van der Waals surface area contributed by atoms with Crippen LogP contribution in [0.5, 0.6) is 11.5 Å². The van der Waals surface area contributed by atoms with Crippen molar-refractivity contribution in [2.45, 2.75) is 19.4 Å². The average molecular weight is 354 g/mol. The van der Waals surface area contributed by atoms with Crippen molar-refractivity contribution in [1.82, 2.24) is 0 Å². The topological polar surface area (TPSA) is 38.7 Å². The third-order valence-electron chi connectivity index (χ3n) is 2.00. The molecule has 1 unspecified atom stereocenters. The quantitative estimate of drug-likeness (QED) is 0.881. The van der Waals surface area contributed by atoms with Crippen molar-refractivity contribution >= 4 is 31.9 Å². The molecule has 0 amide bonds. The predicted molar refractivity (Wildman–Crippen MR) is 70.2 cm³/mol. The number of hydrogen-bond donors (Lipinski definition) is 1. The lowest BCUT2D eigenvalue weighted by Gasteiger charge is -2.11. The van der Waals surface area contributed by atoms with E-state index in [-0.39, 0.29) is 6.10 Å². The van der Waals surface area contributed by atoms with Gasteiger partial charge < -0.3 is 14.6 Å². The van der Waals surface area contributed by atoms with Crippen LogP contribution in [0.3, 0.4) is 0 Å². The average Bonchev–Trinajstić information content (AvgIpc) is 2.22. The van der Waals surface area contributed by atoms with Gasteiger partial charge in [0.15, 0.2) is 0 Å². The zero-order valence-corrected chi connectivity index (χ0v) is 12.3. The summed E-state index contributed by atoms with van der Waals surface area (Å²) in [4.78, 5) is 0. The molecule has 0 saturated carbocycles. The van der Waals surface area contributed by atoms with Crippen LogP contribution in [-0.2, 0) is 0 Å². The smallest absolute Gasteiger partial charge is 0.134 e. The molecule has 0 bridgehead atoms. The summed E-state index contributed by atoms with van der Waals surface area (Å²) in [6.45, 7) is 2.22. The van der Waals surface area contributed by atoms with Gasteiger partial charge in [0, 0.05) is 6.42 Å². The Hall–Kier alpha value is -0.260. The molecule has 0 fully saturated rings. The summed E-state index contributed by atoms with van der Waals surface area (Å²) in [5.41, 5.74) is 0. The van der Waals surface area contributed by atoms with Crippen LogP contribution >= 0.6 is 31.9 Å². The monoisotopic (exact) mass is 352 g/mol. The van der Waals surface area contributed by atoms with Gasteiger partial charge in [-0.25, -0.2) is 0 Å². The molecule has 0 aliphatic rings. The van der Waals surface area contributed by atoms with Gasteiger partial charge in [0.05, 0.1) is 28.8 Å². The number of ether oxygens (including phenoxy) is 2. The van der Waals surface area contributed by atoms with Crippen LogP contribution < -0.4 is 9.47 Å². The molecule has 0 aromatic heterocycles. The number of aliphatic hydroxyl groups is 1. The van der Waals surface area contributed by atoms with Gasteiger partial charge in [-0.2, -0.15) is 0 Å². The number of rotatable bonds is 5. The number of aliphatic hydroxyl groups excluding tert-OH is 1. The van der Waals surface area contributed by atoms with E-state index in [0.717, 1.165) is 20.4 Å². The van der Waals surface area contributed by atoms with Gasteiger partial charge in [-0.05, 0) is 50.9 Å². The lowest BCUT2D eigenvalue weighted by atomic mass is 10.3. The van der Waals surface area contributed by atoms with E-state index < -0.39 is 0 Å². The first-order valence-electron chi connectivity index (χ1n) is 4.88. The van der Waals surface area contributed by atoms with E-state index in [1.165, 1.54) is 0 Å². The summed E-state index contributed by atoms with van der Waals surface area (Å²) >= 11 is 6.79. The fourth-order valence-corrected chi connectivity index (χ4v) is 2.04. The van der Waals surface area contributed by atoms with Gasteiger partial charge in [0.1, 0.15) is 11.5 Å². The fraction of sp³-hybridized carbons (Fsp3) is 0.455. The molecule has 0 spiro atoms. The highest BCUT2D eigenvalue weighted by atomic mass is 79.9. The lowest BCUT2D eigenvalue weighted by molar-refractivity contribution is 0.155. The molecule has 1 rings (SSSR count). The molecule has 0 radical (unpaired) electrons. The van der Waals surface area contributed by atoms with Crippen LogP contribution in [0.1, 0.15) is 13.3 Å². The van der Waals surface area contributed by atoms with Gasteiger partial charge in [-0.1, -0.05) is 0 Å². The van der Waals surface area contributed by atoms with Crippen molar-refractivity contribution in [1.29, 1.82) is 0 Å². The first-order chi connectivity index (χ1) is 7.54. The minimum Gasteiger partial charge on any atom is -0.496 e. The molecule has 1 aromatic rings. The number of benzene rings is 1. The van der Waals surface area contributed by atoms with E-state index in [9.17, 15) is 0 Å². The molecule has 90 valence electrons. The molecule has 0 aliphatic heterocycles. The van der Waals surface area contributed by atoms with E-state index in [2.05, 4.69) is 31.9 Å². The maximum atomic E-state index is 9.12. The Morgan fingerprint density at radius 1 is 1.25 bits per heavy atom. The minimum atomic E-state index is -0.347. The number of halogens is 2. The van der Waals surface area contributed by atoms with Gasteiger partial charge >= 0.3 is 0 Å². The molecule has 3 nitrogen and oxygen atoms in total. The van der Waals surface area contributed by atoms with Crippen LogP contribution in [0.15, 0.2) is 21.1 Å². The minimum absolute atomic E-state index is 0.347. The first kappa shape index (κ1) is 13.8. The van der Waals surface area contributed by atoms with Gasteiger partial charge in [-0.15, -0.1) is 0 Å². The van der Waals surface area contributed by atoms with Crippen LogP contribution in [0.4, 0.5) is 0 Å². The predicted octanol–water partition coefficient (Wildman–Crippen LogP) is 3.37. The highest BCUT2D eigenvalue weighted by Gasteiger charge is 2.08. The van der Waals surface area contributed by atoms with Crippen molar-refractivity contribution in [2.24, 2.45) is 0 Å². The molecule has 16 heavy (non-hydrogen) atoms. The second-order valence-electron chi connectivity index (χ2n) is 3.40. The molecule has 1 aromatic carbocycles. The zero-order chi connectivity index (χ0) is 12.1. The Labute approximate surface area is 112 Å². The standard InChI is InChI=1S/C11H14Br2O3/c1-7(14)3-4-16-11-6-8(12)10(15-2)5-9(11)13/h5-7,14H,3-4H2,1-2H3. The van der Waals surface area contributed by atoms with Crippen molar-refractivity contribution in [2.75, 3.05) is 13.7 Å². The Morgan fingerprint density at radius 2 is 1.81 bits per heavy atom. The molecular formula is C11H14Br2O3. The van der Waals surface area contributed by atoms with Gasteiger partial charge in [0.2, 0.25) is 0 Å². The molecular weight excluding hydrogens is 340 g/mol. The summed E-state index contributed by atoms with van der Waals surface area (Å²) in [7, 11) is 1.61. The van der Waals surface area contributed by atoms with E-state index in [0.29, 0.717) is 13.0 Å².